The molecule has 1 aromatic carbocycles. The standard InChI is InChI=1S/C21H23ClN4O3S/c1-14-23-17(13-30-14)11-21(27)26-6-8-29-20(12-26)19-10-16(24-25-19)5-7-28-18-4-2-3-15(22)9-18/h2-4,9-10,13,20H,5-8,11-12H2,1H3,(H,24,25). The zero-order valence-corrected chi connectivity index (χ0v) is 18.2. The maximum Gasteiger partial charge on any atom is 0.228 e. The second-order valence-electron chi connectivity index (χ2n) is 7.11. The second-order valence-corrected chi connectivity index (χ2v) is 8.61. The highest BCUT2D eigenvalue weighted by molar-refractivity contribution is 7.09. The Morgan fingerprint density at radius 2 is 2.33 bits per heavy atom. The number of rotatable bonds is 7. The fourth-order valence-electron chi connectivity index (χ4n) is 3.32. The van der Waals surface area contributed by atoms with Gasteiger partial charge >= 0.3 is 0 Å². The number of thiazole rings is 1. The van der Waals surface area contributed by atoms with Crippen LogP contribution in [0, 0.1) is 6.92 Å². The minimum Gasteiger partial charge on any atom is -0.493 e. The molecule has 158 valence electrons. The number of ether oxygens (including phenoxy) is 2. The van der Waals surface area contributed by atoms with Gasteiger partial charge in [0.15, 0.2) is 0 Å². The molecule has 1 aliphatic rings. The van der Waals surface area contributed by atoms with Crippen LogP contribution in [-0.4, -0.2) is 52.3 Å². The number of aromatic nitrogens is 3. The van der Waals surface area contributed by atoms with Crippen molar-refractivity contribution in [1.29, 1.82) is 0 Å². The predicted molar refractivity (Wildman–Crippen MR) is 115 cm³/mol. The quantitative estimate of drug-likeness (QED) is 0.599. The molecule has 0 aliphatic carbocycles. The summed E-state index contributed by atoms with van der Waals surface area (Å²) in [6, 6.07) is 9.30. The fourth-order valence-corrected chi connectivity index (χ4v) is 4.11. The van der Waals surface area contributed by atoms with Crippen LogP contribution in [0.5, 0.6) is 5.75 Å². The number of aryl methyl sites for hydroxylation is 1. The van der Waals surface area contributed by atoms with E-state index in [1.165, 1.54) is 0 Å². The van der Waals surface area contributed by atoms with Gasteiger partial charge in [0, 0.05) is 29.1 Å². The number of nitrogens with zero attached hydrogens (tertiary/aromatic N) is 3. The Morgan fingerprint density at radius 3 is 3.13 bits per heavy atom. The summed E-state index contributed by atoms with van der Waals surface area (Å²) in [5.41, 5.74) is 2.58. The van der Waals surface area contributed by atoms with E-state index in [-0.39, 0.29) is 12.0 Å². The van der Waals surface area contributed by atoms with E-state index in [1.807, 2.05) is 41.5 Å². The van der Waals surface area contributed by atoms with Gasteiger partial charge in [0.25, 0.3) is 0 Å². The van der Waals surface area contributed by atoms with E-state index in [4.69, 9.17) is 21.1 Å². The van der Waals surface area contributed by atoms with Crippen molar-refractivity contribution < 1.29 is 14.3 Å². The highest BCUT2D eigenvalue weighted by Gasteiger charge is 2.27. The van der Waals surface area contributed by atoms with E-state index in [1.54, 1.807) is 17.4 Å². The zero-order valence-electron chi connectivity index (χ0n) is 16.6. The molecule has 1 N–H and O–H groups in total. The normalized spacial score (nSPS) is 16.6. The Kier molecular flexibility index (Phi) is 6.66. The summed E-state index contributed by atoms with van der Waals surface area (Å²) in [6.45, 7) is 4.02. The second kappa shape index (κ2) is 9.59. The van der Waals surface area contributed by atoms with Crippen LogP contribution in [0.1, 0.15) is 28.2 Å². The van der Waals surface area contributed by atoms with Crippen LogP contribution in [0.2, 0.25) is 5.02 Å². The average molecular weight is 447 g/mol. The molecule has 1 fully saturated rings. The molecule has 3 aromatic rings. The largest absolute Gasteiger partial charge is 0.493 e. The van der Waals surface area contributed by atoms with Crippen molar-refractivity contribution >= 4 is 28.8 Å². The third kappa shape index (κ3) is 5.38. The number of carbonyl (C=O) groups excluding carboxylic acids is 1. The molecule has 1 aliphatic heterocycles. The van der Waals surface area contributed by atoms with Gasteiger partial charge in [0.05, 0.1) is 42.6 Å². The van der Waals surface area contributed by atoms with E-state index in [0.717, 1.165) is 27.8 Å². The molecular weight excluding hydrogens is 424 g/mol. The van der Waals surface area contributed by atoms with E-state index in [0.29, 0.717) is 44.2 Å². The first kappa shape index (κ1) is 20.8. The number of benzene rings is 1. The minimum atomic E-state index is -0.237. The first-order valence-electron chi connectivity index (χ1n) is 9.80. The van der Waals surface area contributed by atoms with Gasteiger partial charge in [0.2, 0.25) is 5.91 Å². The van der Waals surface area contributed by atoms with Gasteiger partial charge in [-0.05, 0) is 31.2 Å². The van der Waals surface area contributed by atoms with Gasteiger partial charge < -0.3 is 14.4 Å². The molecule has 0 radical (unpaired) electrons. The molecule has 1 atom stereocenters. The summed E-state index contributed by atoms with van der Waals surface area (Å²) in [5.74, 6) is 0.807. The topological polar surface area (TPSA) is 80.3 Å². The van der Waals surface area contributed by atoms with Crippen LogP contribution in [0.4, 0.5) is 0 Å². The molecule has 0 saturated carbocycles. The maximum absolute atomic E-state index is 12.6. The first-order chi connectivity index (χ1) is 14.6. The van der Waals surface area contributed by atoms with Crippen molar-refractivity contribution in [3.8, 4) is 5.75 Å². The van der Waals surface area contributed by atoms with E-state index in [9.17, 15) is 4.79 Å². The summed E-state index contributed by atoms with van der Waals surface area (Å²) in [4.78, 5) is 18.9. The lowest BCUT2D eigenvalue weighted by Gasteiger charge is -2.32. The lowest BCUT2D eigenvalue weighted by atomic mass is 10.1. The van der Waals surface area contributed by atoms with Crippen LogP contribution >= 0.6 is 22.9 Å². The molecule has 2 aromatic heterocycles. The minimum absolute atomic E-state index is 0.0688. The molecule has 4 rings (SSSR count). The Hall–Kier alpha value is -2.42. The summed E-state index contributed by atoms with van der Waals surface area (Å²) in [6.07, 6.45) is 0.764. The van der Waals surface area contributed by atoms with E-state index < -0.39 is 0 Å². The molecule has 30 heavy (non-hydrogen) atoms. The van der Waals surface area contributed by atoms with Gasteiger partial charge in [-0.3, -0.25) is 9.89 Å². The van der Waals surface area contributed by atoms with Crippen LogP contribution in [-0.2, 0) is 22.4 Å². The number of hydrogen-bond acceptors (Lipinski definition) is 6. The number of nitrogens with one attached hydrogen (secondary N) is 1. The summed E-state index contributed by atoms with van der Waals surface area (Å²) in [5, 5.41) is 11.0. The Bertz CT molecular complexity index is 1010. The van der Waals surface area contributed by atoms with Crippen molar-refractivity contribution in [3.63, 3.8) is 0 Å². The molecule has 9 heteroatoms. The van der Waals surface area contributed by atoms with E-state index in [2.05, 4.69) is 15.2 Å². The maximum atomic E-state index is 12.6. The number of aromatic amines is 1. The zero-order chi connectivity index (χ0) is 20.9. The lowest BCUT2D eigenvalue weighted by Crippen LogP contribution is -2.43. The molecule has 3 heterocycles. The molecule has 0 bridgehead atoms. The number of H-pyrrole nitrogens is 1. The Morgan fingerprint density at radius 1 is 1.43 bits per heavy atom. The van der Waals surface area contributed by atoms with Crippen molar-refractivity contribution in [2.24, 2.45) is 0 Å². The molecular formula is C21H23ClN4O3S. The van der Waals surface area contributed by atoms with Crippen LogP contribution < -0.4 is 4.74 Å². The summed E-state index contributed by atoms with van der Waals surface area (Å²) < 4.78 is 11.6. The summed E-state index contributed by atoms with van der Waals surface area (Å²) >= 11 is 7.53. The van der Waals surface area contributed by atoms with Crippen LogP contribution in [0.25, 0.3) is 0 Å². The van der Waals surface area contributed by atoms with Gasteiger partial charge in [-0.1, -0.05) is 17.7 Å². The van der Waals surface area contributed by atoms with Gasteiger partial charge in [-0.2, -0.15) is 5.10 Å². The first-order valence-corrected chi connectivity index (χ1v) is 11.1. The van der Waals surface area contributed by atoms with Gasteiger partial charge in [0.1, 0.15) is 11.9 Å². The third-order valence-corrected chi connectivity index (χ3v) is 5.89. The highest BCUT2D eigenvalue weighted by Crippen LogP contribution is 2.22. The molecule has 1 amide bonds. The van der Waals surface area contributed by atoms with E-state index >= 15 is 0 Å². The van der Waals surface area contributed by atoms with Crippen molar-refractivity contribution in [1.82, 2.24) is 20.1 Å². The fraction of sp³-hybridized carbons (Fsp3) is 0.381. The smallest absolute Gasteiger partial charge is 0.228 e. The third-order valence-electron chi connectivity index (χ3n) is 4.83. The van der Waals surface area contributed by atoms with Gasteiger partial charge in [-0.25, -0.2) is 4.98 Å². The molecule has 0 spiro atoms. The number of hydrogen-bond donors (Lipinski definition) is 1. The highest BCUT2D eigenvalue weighted by atomic mass is 35.5. The molecule has 1 unspecified atom stereocenters. The Labute approximate surface area is 184 Å². The summed E-state index contributed by atoms with van der Waals surface area (Å²) in [7, 11) is 0. The number of morpholine rings is 1. The number of halogens is 1. The lowest BCUT2D eigenvalue weighted by molar-refractivity contribution is -0.138. The predicted octanol–water partition coefficient (Wildman–Crippen LogP) is 3.59. The average Bonchev–Trinajstić information content (AvgIpc) is 3.37. The monoisotopic (exact) mass is 446 g/mol. The molecule has 7 nitrogen and oxygen atoms in total. The van der Waals surface area contributed by atoms with Crippen molar-refractivity contribution in [2.75, 3.05) is 26.3 Å². The van der Waals surface area contributed by atoms with Crippen molar-refractivity contribution in [3.05, 3.63) is 62.8 Å². The number of amides is 1. The van der Waals surface area contributed by atoms with Crippen LogP contribution in [0.3, 0.4) is 0 Å². The van der Waals surface area contributed by atoms with Crippen molar-refractivity contribution in [2.45, 2.75) is 25.9 Å². The SMILES string of the molecule is Cc1nc(CC(=O)N2CCOC(c3cc(CCOc4cccc(Cl)c4)[nH]n3)C2)cs1. The number of carbonyl (C=O) groups is 1. The van der Waals surface area contributed by atoms with Gasteiger partial charge in [-0.15, -0.1) is 11.3 Å². The Balaban J connectivity index is 1.29. The molecule has 1 saturated heterocycles. The van der Waals surface area contributed by atoms with Crippen LogP contribution in [0.15, 0.2) is 35.7 Å².